The summed E-state index contributed by atoms with van der Waals surface area (Å²) in [5.74, 6) is 0.502. The molecule has 0 aliphatic heterocycles. The smallest absolute Gasteiger partial charge is 0.265 e. The van der Waals surface area contributed by atoms with E-state index in [1.807, 2.05) is 66.7 Å². The molecule has 3 aromatic rings. The van der Waals surface area contributed by atoms with Gasteiger partial charge in [0.1, 0.15) is 5.75 Å². The van der Waals surface area contributed by atoms with Crippen LogP contribution in [0.4, 0.5) is 5.69 Å². The second kappa shape index (κ2) is 6.84. The van der Waals surface area contributed by atoms with Gasteiger partial charge in [-0.15, -0.1) is 0 Å². The summed E-state index contributed by atoms with van der Waals surface area (Å²) in [5, 5.41) is 5.03. The van der Waals surface area contributed by atoms with Crippen LogP contribution in [-0.4, -0.2) is 12.0 Å². The molecule has 3 aromatic carbocycles. The zero-order valence-electron chi connectivity index (χ0n) is 12.6. The topological polar surface area (TPSA) is 38.3 Å². The number of para-hydroxylation sites is 1. The first-order valence-electron chi connectivity index (χ1n) is 7.34. The van der Waals surface area contributed by atoms with Crippen LogP contribution < -0.4 is 10.1 Å². The number of fused-ring (bicyclic) bond motifs is 1. The van der Waals surface area contributed by atoms with Crippen LogP contribution in [0.1, 0.15) is 6.92 Å². The maximum Gasteiger partial charge on any atom is 0.265 e. The van der Waals surface area contributed by atoms with Crippen molar-refractivity contribution in [3.63, 3.8) is 0 Å². The van der Waals surface area contributed by atoms with E-state index < -0.39 is 6.10 Å². The number of rotatable bonds is 4. The summed E-state index contributed by atoms with van der Waals surface area (Å²) in [4.78, 5) is 12.2. The zero-order valence-corrected chi connectivity index (χ0v) is 14.2. The average molecular weight is 370 g/mol. The van der Waals surface area contributed by atoms with E-state index in [1.165, 1.54) is 0 Å². The van der Waals surface area contributed by atoms with Gasteiger partial charge in [0.2, 0.25) is 0 Å². The molecule has 0 radical (unpaired) electrons. The largest absolute Gasteiger partial charge is 0.481 e. The van der Waals surface area contributed by atoms with Crippen LogP contribution >= 0.6 is 15.9 Å². The molecule has 0 heterocycles. The van der Waals surface area contributed by atoms with Gasteiger partial charge in [-0.05, 0) is 54.1 Å². The Bertz CT molecular complexity index is 833. The first kappa shape index (κ1) is 15.6. The molecule has 0 bridgehead atoms. The van der Waals surface area contributed by atoms with Crippen LogP contribution in [0.3, 0.4) is 0 Å². The Morgan fingerprint density at radius 1 is 1.00 bits per heavy atom. The number of nitrogens with one attached hydrogen (secondary N) is 1. The van der Waals surface area contributed by atoms with Crippen LogP contribution in [0.2, 0.25) is 0 Å². The predicted octanol–water partition coefficient (Wildman–Crippen LogP) is 5.01. The molecule has 3 nitrogen and oxygen atoms in total. The summed E-state index contributed by atoms with van der Waals surface area (Å²) in [5.41, 5.74) is 0.760. The van der Waals surface area contributed by atoms with Crippen molar-refractivity contribution in [2.24, 2.45) is 0 Å². The van der Waals surface area contributed by atoms with Gasteiger partial charge in [-0.25, -0.2) is 0 Å². The van der Waals surface area contributed by atoms with Crippen LogP contribution in [0.25, 0.3) is 10.8 Å². The second-order valence-electron chi connectivity index (χ2n) is 5.27. The highest BCUT2D eigenvalue weighted by Crippen LogP contribution is 2.24. The van der Waals surface area contributed by atoms with E-state index in [1.54, 1.807) is 6.92 Å². The van der Waals surface area contributed by atoms with Gasteiger partial charge in [-0.3, -0.25) is 4.79 Å². The predicted molar refractivity (Wildman–Crippen MR) is 96.8 cm³/mol. The highest BCUT2D eigenvalue weighted by molar-refractivity contribution is 9.10. The minimum absolute atomic E-state index is 0.174. The molecule has 0 aromatic heterocycles. The van der Waals surface area contributed by atoms with Gasteiger partial charge in [-0.1, -0.05) is 46.3 Å². The zero-order chi connectivity index (χ0) is 16.2. The molecule has 1 amide bonds. The van der Waals surface area contributed by atoms with Crippen molar-refractivity contribution in [2.75, 3.05) is 5.32 Å². The van der Waals surface area contributed by atoms with Crippen LogP contribution in [0, 0.1) is 0 Å². The van der Waals surface area contributed by atoms with E-state index in [0.29, 0.717) is 5.75 Å². The quantitative estimate of drug-likeness (QED) is 0.701. The third-order valence-corrected chi connectivity index (χ3v) is 3.99. The van der Waals surface area contributed by atoms with Crippen LogP contribution in [-0.2, 0) is 4.79 Å². The fourth-order valence-electron chi connectivity index (χ4n) is 2.29. The van der Waals surface area contributed by atoms with Gasteiger partial charge in [0.05, 0.1) is 0 Å². The highest BCUT2D eigenvalue weighted by Gasteiger charge is 2.15. The summed E-state index contributed by atoms with van der Waals surface area (Å²) >= 11 is 3.46. The maximum atomic E-state index is 12.2. The molecule has 0 saturated heterocycles. The van der Waals surface area contributed by atoms with Crippen molar-refractivity contribution in [1.29, 1.82) is 0 Å². The maximum absolute atomic E-state index is 12.2. The summed E-state index contributed by atoms with van der Waals surface area (Å²) in [6.07, 6.45) is -0.580. The average Bonchev–Trinajstić information content (AvgIpc) is 2.56. The molecular formula is C19H16BrNO2. The Balaban J connectivity index is 1.70. The lowest BCUT2D eigenvalue weighted by Gasteiger charge is -2.15. The molecular weight excluding hydrogens is 354 g/mol. The summed E-state index contributed by atoms with van der Waals surface area (Å²) < 4.78 is 6.80. The fourth-order valence-corrected chi connectivity index (χ4v) is 2.67. The van der Waals surface area contributed by atoms with Gasteiger partial charge in [0.25, 0.3) is 5.91 Å². The molecule has 0 fully saturated rings. The highest BCUT2D eigenvalue weighted by atomic mass is 79.9. The molecule has 23 heavy (non-hydrogen) atoms. The first-order chi connectivity index (χ1) is 11.1. The molecule has 3 rings (SSSR count). The standard InChI is InChI=1S/C19H16BrNO2/c1-13(19(22)21-17-5-3-2-4-6-17)23-18-10-8-14-11-16(20)9-7-15(14)12-18/h2-13H,1H3,(H,21,22)/t13-/m1/s1. The monoisotopic (exact) mass is 369 g/mol. The van der Waals surface area contributed by atoms with Crippen molar-refractivity contribution < 1.29 is 9.53 Å². The Hall–Kier alpha value is -2.33. The molecule has 0 spiro atoms. The normalized spacial score (nSPS) is 11.9. The van der Waals surface area contributed by atoms with Gasteiger partial charge in [0.15, 0.2) is 6.10 Å². The summed E-state index contributed by atoms with van der Waals surface area (Å²) in [6, 6.07) is 21.2. The van der Waals surface area contributed by atoms with E-state index >= 15 is 0 Å². The number of halogens is 1. The van der Waals surface area contributed by atoms with E-state index in [2.05, 4.69) is 21.2 Å². The second-order valence-corrected chi connectivity index (χ2v) is 6.18. The first-order valence-corrected chi connectivity index (χ1v) is 8.13. The number of carbonyl (C=O) groups excluding carboxylic acids is 1. The Labute approximate surface area is 143 Å². The van der Waals surface area contributed by atoms with E-state index in [4.69, 9.17) is 4.74 Å². The Kier molecular flexibility index (Phi) is 4.63. The molecule has 4 heteroatoms. The summed E-state index contributed by atoms with van der Waals surface area (Å²) in [6.45, 7) is 1.74. The molecule has 0 aliphatic rings. The number of hydrogen-bond donors (Lipinski definition) is 1. The lowest BCUT2D eigenvalue weighted by Crippen LogP contribution is -2.30. The van der Waals surface area contributed by atoms with E-state index in [9.17, 15) is 4.79 Å². The summed E-state index contributed by atoms with van der Waals surface area (Å²) in [7, 11) is 0. The van der Waals surface area contributed by atoms with Gasteiger partial charge in [0, 0.05) is 10.2 Å². The van der Waals surface area contributed by atoms with Crippen molar-refractivity contribution in [1.82, 2.24) is 0 Å². The number of ether oxygens (including phenoxy) is 1. The van der Waals surface area contributed by atoms with Crippen LogP contribution in [0.5, 0.6) is 5.75 Å². The molecule has 0 aliphatic carbocycles. The van der Waals surface area contributed by atoms with Gasteiger partial charge >= 0.3 is 0 Å². The molecule has 0 saturated carbocycles. The number of amides is 1. The third kappa shape index (κ3) is 3.90. The molecule has 0 unspecified atom stereocenters. The van der Waals surface area contributed by atoms with Crippen molar-refractivity contribution in [3.8, 4) is 5.75 Å². The number of benzene rings is 3. The third-order valence-electron chi connectivity index (χ3n) is 3.50. The minimum Gasteiger partial charge on any atom is -0.481 e. The van der Waals surface area contributed by atoms with Crippen molar-refractivity contribution in [2.45, 2.75) is 13.0 Å². The fraction of sp³-hybridized carbons (Fsp3) is 0.105. The molecule has 116 valence electrons. The Morgan fingerprint density at radius 2 is 1.70 bits per heavy atom. The van der Waals surface area contributed by atoms with Gasteiger partial charge in [-0.2, -0.15) is 0 Å². The molecule has 1 atom stereocenters. The SMILES string of the molecule is C[C@@H](Oc1ccc2cc(Br)ccc2c1)C(=O)Nc1ccccc1. The van der Waals surface area contributed by atoms with Crippen molar-refractivity contribution >= 4 is 38.3 Å². The lowest BCUT2D eigenvalue weighted by atomic mass is 10.1. The Morgan fingerprint density at radius 3 is 2.48 bits per heavy atom. The number of carbonyl (C=O) groups is 1. The molecule has 1 N–H and O–H groups in total. The van der Waals surface area contributed by atoms with Gasteiger partial charge < -0.3 is 10.1 Å². The van der Waals surface area contributed by atoms with E-state index in [0.717, 1.165) is 20.9 Å². The number of anilines is 1. The van der Waals surface area contributed by atoms with Crippen molar-refractivity contribution in [3.05, 3.63) is 71.2 Å². The van der Waals surface area contributed by atoms with E-state index in [-0.39, 0.29) is 5.91 Å². The minimum atomic E-state index is -0.580. The number of hydrogen-bond acceptors (Lipinski definition) is 2. The lowest BCUT2D eigenvalue weighted by molar-refractivity contribution is -0.122. The van der Waals surface area contributed by atoms with Crippen LogP contribution in [0.15, 0.2) is 71.2 Å².